The standard InChI is InChI=1S/C18H18BrN3O4/c1-24-14-3-2-4-15(9-14)25-12-16-5-6-17(26-16)18(23)20-7-8-22-11-13(19)10-21-22/h2-6,9-11H,7-8,12H2,1H3,(H,20,23). The van der Waals surface area contributed by atoms with Gasteiger partial charge >= 0.3 is 0 Å². The molecule has 3 rings (SSSR count). The molecule has 0 saturated heterocycles. The number of amides is 1. The molecule has 8 heteroatoms. The van der Waals surface area contributed by atoms with Crippen LogP contribution >= 0.6 is 15.9 Å². The van der Waals surface area contributed by atoms with E-state index in [1.54, 1.807) is 36.2 Å². The molecule has 7 nitrogen and oxygen atoms in total. The summed E-state index contributed by atoms with van der Waals surface area (Å²) in [6.45, 7) is 1.24. The lowest BCUT2D eigenvalue weighted by Crippen LogP contribution is -2.27. The van der Waals surface area contributed by atoms with Crippen LogP contribution in [0.3, 0.4) is 0 Å². The van der Waals surface area contributed by atoms with E-state index in [1.165, 1.54) is 0 Å². The number of halogens is 1. The number of rotatable bonds is 8. The number of hydrogen-bond donors (Lipinski definition) is 1. The molecule has 0 radical (unpaired) electrons. The molecule has 0 aliphatic rings. The van der Waals surface area contributed by atoms with Gasteiger partial charge in [-0.2, -0.15) is 5.10 Å². The minimum absolute atomic E-state index is 0.224. The Morgan fingerprint density at radius 3 is 2.92 bits per heavy atom. The van der Waals surface area contributed by atoms with Crippen LogP contribution in [0.1, 0.15) is 16.3 Å². The smallest absolute Gasteiger partial charge is 0.287 e. The molecular weight excluding hydrogens is 402 g/mol. The Balaban J connectivity index is 1.47. The third-order valence-corrected chi connectivity index (χ3v) is 3.95. The first kappa shape index (κ1) is 18.1. The number of ether oxygens (including phenoxy) is 2. The largest absolute Gasteiger partial charge is 0.497 e. The van der Waals surface area contributed by atoms with Gasteiger partial charge in [0.05, 0.1) is 24.3 Å². The molecule has 3 aromatic rings. The Bertz CT molecular complexity index is 875. The minimum atomic E-state index is -0.274. The van der Waals surface area contributed by atoms with Gasteiger partial charge in [-0.05, 0) is 40.2 Å². The normalized spacial score (nSPS) is 10.5. The fraction of sp³-hybridized carbons (Fsp3) is 0.222. The van der Waals surface area contributed by atoms with Gasteiger partial charge in [-0.15, -0.1) is 0 Å². The Morgan fingerprint density at radius 2 is 2.15 bits per heavy atom. The van der Waals surface area contributed by atoms with Gasteiger partial charge in [-0.3, -0.25) is 9.48 Å². The highest BCUT2D eigenvalue weighted by molar-refractivity contribution is 9.10. The number of hydrogen-bond acceptors (Lipinski definition) is 5. The summed E-state index contributed by atoms with van der Waals surface area (Å²) in [5.41, 5.74) is 0. The molecule has 2 aromatic heterocycles. The van der Waals surface area contributed by atoms with E-state index in [-0.39, 0.29) is 18.3 Å². The van der Waals surface area contributed by atoms with Crippen molar-refractivity contribution in [3.63, 3.8) is 0 Å². The molecule has 26 heavy (non-hydrogen) atoms. The lowest BCUT2D eigenvalue weighted by atomic mass is 10.3. The summed E-state index contributed by atoms with van der Waals surface area (Å²) in [5, 5.41) is 6.92. The fourth-order valence-corrected chi connectivity index (χ4v) is 2.58. The van der Waals surface area contributed by atoms with Gasteiger partial charge in [0.15, 0.2) is 5.76 Å². The molecule has 136 valence electrons. The van der Waals surface area contributed by atoms with E-state index in [2.05, 4.69) is 26.3 Å². The van der Waals surface area contributed by atoms with Gasteiger partial charge in [0.1, 0.15) is 23.9 Å². The highest BCUT2D eigenvalue weighted by Crippen LogP contribution is 2.20. The molecule has 0 aliphatic heterocycles. The molecule has 2 heterocycles. The molecule has 0 spiro atoms. The van der Waals surface area contributed by atoms with Crippen LogP contribution in [0.25, 0.3) is 0 Å². The number of methoxy groups -OCH3 is 1. The Kier molecular flexibility index (Phi) is 5.96. The number of benzene rings is 1. The van der Waals surface area contributed by atoms with Gasteiger partial charge < -0.3 is 19.2 Å². The van der Waals surface area contributed by atoms with Crippen LogP contribution in [-0.2, 0) is 13.2 Å². The summed E-state index contributed by atoms with van der Waals surface area (Å²) in [5.74, 6) is 1.91. The number of nitrogens with zero attached hydrogens (tertiary/aromatic N) is 2. The second-order valence-electron chi connectivity index (χ2n) is 5.41. The highest BCUT2D eigenvalue weighted by atomic mass is 79.9. The number of aromatic nitrogens is 2. The number of furan rings is 1. The van der Waals surface area contributed by atoms with Crippen molar-refractivity contribution in [3.05, 3.63) is 64.8 Å². The number of nitrogens with one attached hydrogen (secondary N) is 1. The summed E-state index contributed by atoms with van der Waals surface area (Å²) in [6.07, 6.45) is 3.54. The first-order chi connectivity index (χ1) is 12.6. The Labute approximate surface area is 159 Å². The quantitative estimate of drug-likeness (QED) is 0.606. The Hall–Kier alpha value is -2.74. The van der Waals surface area contributed by atoms with E-state index >= 15 is 0 Å². The van der Waals surface area contributed by atoms with E-state index in [4.69, 9.17) is 13.9 Å². The van der Waals surface area contributed by atoms with Crippen molar-refractivity contribution in [2.45, 2.75) is 13.2 Å². The van der Waals surface area contributed by atoms with Gasteiger partial charge in [0.2, 0.25) is 0 Å². The van der Waals surface area contributed by atoms with Gasteiger partial charge in [-0.25, -0.2) is 0 Å². The summed E-state index contributed by atoms with van der Waals surface area (Å²) >= 11 is 3.33. The molecule has 0 atom stereocenters. The zero-order valence-corrected chi connectivity index (χ0v) is 15.7. The molecule has 0 bridgehead atoms. The summed E-state index contributed by atoms with van der Waals surface area (Å²) < 4.78 is 19.0. The van der Waals surface area contributed by atoms with Crippen molar-refractivity contribution < 1.29 is 18.7 Å². The van der Waals surface area contributed by atoms with Crippen molar-refractivity contribution in [2.24, 2.45) is 0 Å². The van der Waals surface area contributed by atoms with E-state index in [1.807, 2.05) is 24.4 Å². The summed E-state index contributed by atoms with van der Waals surface area (Å²) in [4.78, 5) is 12.1. The van der Waals surface area contributed by atoms with Crippen molar-refractivity contribution in [1.29, 1.82) is 0 Å². The first-order valence-corrected chi connectivity index (χ1v) is 8.75. The van der Waals surface area contributed by atoms with Crippen LogP contribution in [-0.4, -0.2) is 29.3 Å². The first-order valence-electron chi connectivity index (χ1n) is 7.96. The maximum atomic E-state index is 12.1. The molecule has 0 fully saturated rings. The van der Waals surface area contributed by atoms with Crippen LogP contribution in [0.15, 0.2) is 57.7 Å². The maximum absolute atomic E-state index is 12.1. The fourth-order valence-electron chi connectivity index (χ4n) is 2.25. The monoisotopic (exact) mass is 419 g/mol. The second kappa shape index (κ2) is 8.57. The molecule has 0 aliphatic carbocycles. The average Bonchev–Trinajstić information content (AvgIpc) is 3.29. The summed E-state index contributed by atoms with van der Waals surface area (Å²) in [6, 6.07) is 10.6. The molecule has 1 amide bonds. The molecule has 0 saturated carbocycles. The lowest BCUT2D eigenvalue weighted by Gasteiger charge is -2.06. The molecular formula is C18H18BrN3O4. The summed E-state index contributed by atoms with van der Waals surface area (Å²) in [7, 11) is 1.60. The topological polar surface area (TPSA) is 78.5 Å². The minimum Gasteiger partial charge on any atom is -0.497 e. The van der Waals surface area contributed by atoms with Crippen molar-refractivity contribution in [3.8, 4) is 11.5 Å². The lowest BCUT2D eigenvalue weighted by molar-refractivity contribution is 0.0920. The van der Waals surface area contributed by atoms with Gasteiger partial charge in [0, 0.05) is 18.8 Å². The predicted octanol–water partition coefficient (Wildman–Crippen LogP) is 3.26. The van der Waals surface area contributed by atoms with Crippen molar-refractivity contribution >= 4 is 21.8 Å². The molecule has 1 aromatic carbocycles. The predicted molar refractivity (Wildman–Crippen MR) is 98.3 cm³/mol. The zero-order chi connectivity index (χ0) is 18.4. The third kappa shape index (κ3) is 4.89. The van der Waals surface area contributed by atoms with E-state index in [0.717, 1.165) is 4.47 Å². The molecule has 1 N–H and O–H groups in total. The zero-order valence-electron chi connectivity index (χ0n) is 14.1. The second-order valence-corrected chi connectivity index (χ2v) is 6.33. The SMILES string of the molecule is COc1cccc(OCc2ccc(C(=O)NCCn3cc(Br)cn3)o2)c1. The highest BCUT2D eigenvalue weighted by Gasteiger charge is 2.11. The van der Waals surface area contributed by atoms with Gasteiger partial charge in [-0.1, -0.05) is 6.07 Å². The number of carbonyl (C=O) groups is 1. The van der Waals surface area contributed by atoms with Gasteiger partial charge in [0.25, 0.3) is 5.91 Å². The maximum Gasteiger partial charge on any atom is 0.287 e. The van der Waals surface area contributed by atoms with E-state index in [0.29, 0.717) is 30.3 Å². The van der Waals surface area contributed by atoms with Crippen molar-refractivity contribution in [1.82, 2.24) is 15.1 Å². The van der Waals surface area contributed by atoms with E-state index < -0.39 is 0 Å². The van der Waals surface area contributed by atoms with Crippen LogP contribution in [0.5, 0.6) is 11.5 Å². The number of carbonyl (C=O) groups excluding carboxylic acids is 1. The Morgan fingerprint density at radius 1 is 1.31 bits per heavy atom. The van der Waals surface area contributed by atoms with Crippen LogP contribution in [0.2, 0.25) is 0 Å². The van der Waals surface area contributed by atoms with Crippen LogP contribution in [0.4, 0.5) is 0 Å². The average molecular weight is 420 g/mol. The molecule has 0 unspecified atom stereocenters. The van der Waals surface area contributed by atoms with Crippen molar-refractivity contribution in [2.75, 3.05) is 13.7 Å². The third-order valence-electron chi connectivity index (χ3n) is 3.54. The van der Waals surface area contributed by atoms with Crippen LogP contribution < -0.4 is 14.8 Å². The van der Waals surface area contributed by atoms with E-state index in [9.17, 15) is 4.79 Å². The van der Waals surface area contributed by atoms with Crippen LogP contribution in [0, 0.1) is 0 Å².